The van der Waals surface area contributed by atoms with Crippen molar-refractivity contribution in [3.8, 4) is 0 Å². The van der Waals surface area contributed by atoms with Crippen molar-refractivity contribution in [1.29, 1.82) is 0 Å². The van der Waals surface area contributed by atoms with E-state index in [4.69, 9.17) is 9.05 Å². The van der Waals surface area contributed by atoms with E-state index in [1.165, 1.54) is 0 Å². The highest BCUT2D eigenvalue weighted by atomic mass is 16.5. The smallest absolute Gasteiger partial charge is 0.254 e. The summed E-state index contributed by atoms with van der Waals surface area (Å²) in [7, 11) is 0. The lowest BCUT2D eigenvalue weighted by Crippen LogP contribution is -2.22. The minimum absolute atomic E-state index is 0.136. The standard InChI is InChI=1S/C20H18N4O3/c1-10-12(3)23-26-19(10)21-16-9-17(22-20-11(2)13(4)24-27-20)18(25)15-8-6-5-7-14(15)16/h5-9,22H,1-4H3/b21-16+. The molecule has 3 aromatic rings. The second-order valence-corrected chi connectivity index (χ2v) is 6.48. The monoisotopic (exact) mass is 362 g/mol. The van der Waals surface area contributed by atoms with Crippen LogP contribution in [0.15, 0.2) is 50.1 Å². The Balaban J connectivity index is 1.82. The SMILES string of the molecule is Cc1noc(/N=C2\C=C(Nc3onc(C)c3C)C(=O)c3ccccc32)c1C. The summed E-state index contributed by atoms with van der Waals surface area (Å²) in [5.74, 6) is 0.731. The number of aliphatic imine (C=N–C) groups is 1. The van der Waals surface area contributed by atoms with Gasteiger partial charge in [0.15, 0.2) is 0 Å². The third-order valence-corrected chi connectivity index (χ3v) is 4.73. The molecular formula is C20H18N4O3. The molecule has 2 heterocycles. The highest BCUT2D eigenvalue weighted by Crippen LogP contribution is 2.28. The average molecular weight is 362 g/mol. The maximum Gasteiger partial charge on any atom is 0.254 e. The summed E-state index contributed by atoms with van der Waals surface area (Å²) in [5, 5.41) is 10.9. The molecule has 1 N–H and O–H groups in total. The number of carbonyl (C=O) groups is 1. The van der Waals surface area contributed by atoms with E-state index in [1.807, 2.05) is 45.9 Å². The Morgan fingerprint density at radius 3 is 2.22 bits per heavy atom. The summed E-state index contributed by atoms with van der Waals surface area (Å²) in [4.78, 5) is 17.5. The topological polar surface area (TPSA) is 93.5 Å². The average Bonchev–Trinajstić information content (AvgIpc) is 3.16. The number of hydrogen-bond donors (Lipinski definition) is 1. The van der Waals surface area contributed by atoms with Crippen molar-refractivity contribution in [1.82, 2.24) is 10.3 Å². The van der Waals surface area contributed by atoms with E-state index >= 15 is 0 Å². The Morgan fingerprint density at radius 2 is 1.59 bits per heavy atom. The van der Waals surface area contributed by atoms with E-state index < -0.39 is 0 Å². The molecule has 0 spiro atoms. The number of rotatable bonds is 3. The predicted molar refractivity (Wildman–Crippen MR) is 101 cm³/mol. The largest absolute Gasteiger partial charge is 0.338 e. The minimum Gasteiger partial charge on any atom is -0.338 e. The second-order valence-electron chi connectivity index (χ2n) is 6.48. The highest BCUT2D eigenvalue weighted by Gasteiger charge is 2.26. The summed E-state index contributed by atoms with van der Waals surface area (Å²) in [6.07, 6.45) is 1.69. The third-order valence-electron chi connectivity index (χ3n) is 4.73. The fourth-order valence-electron chi connectivity index (χ4n) is 2.79. The van der Waals surface area contributed by atoms with Crippen LogP contribution in [-0.4, -0.2) is 21.8 Å². The van der Waals surface area contributed by atoms with Crippen LogP contribution < -0.4 is 5.32 Å². The van der Waals surface area contributed by atoms with Crippen molar-refractivity contribution in [3.05, 3.63) is 69.7 Å². The molecule has 1 aliphatic carbocycles. The number of anilines is 1. The van der Waals surface area contributed by atoms with Crippen molar-refractivity contribution < 1.29 is 13.8 Å². The van der Waals surface area contributed by atoms with Gasteiger partial charge in [-0.05, 0) is 33.8 Å². The Morgan fingerprint density at radius 1 is 0.926 bits per heavy atom. The first-order chi connectivity index (χ1) is 13.0. The molecule has 0 saturated carbocycles. The second kappa shape index (κ2) is 6.35. The van der Waals surface area contributed by atoms with Gasteiger partial charge in [-0.3, -0.25) is 4.79 Å². The summed E-state index contributed by atoms with van der Waals surface area (Å²) >= 11 is 0. The lowest BCUT2D eigenvalue weighted by Gasteiger charge is -2.17. The number of carbonyl (C=O) groups excluding carboxylic acids is 1. The number of aryl methyl sites for hydroxylation is 2. The molecule has 0 atom stereocenters. The quantitative estimate of drug-likeness (QED) is 0.750. The molecule has 0 unspecified atom stereocenters. The molecule has 0 aliphatic heterocycles. The molecular weight excluding hydrogens is 344 g/mol. The van der Waals surface area contributed by atoms with Crippen LogP contribution in [0, 0.1) is 27.7 Å². The number of allylic oxidation sites excluding steroid dienone is 2. The normalized spacial score (nSPS) is 15.0. The molecule has 0 fully saturated rings. The van der Waals surface area contributed by atoms with Crippen LogP contribution >= 0.6 is 0 Å². The molecule has 1 aromatic carbocycles. The molecule has 4 rings (SSSR count). The number of benzene rings is 1. The Kier molecular flexibility index (Phi) is 3.99. The van der Waals surface area contributed by atoms with Crippen molar-refractivity contribution >= 4 is 23.3 Å². The number of fused-ring (bicyclic) bond motifs is 1. The number of nitrogens with zero attached hydrogens (tertiary/aromatic N) is 3. The van der Waals surface area contributed by atoms with E-state index in [9.17, 15) is 4.79 Å². The fourth-order valence-corrected chi connectivity index (χ4v) is 2.79. The van der Waals surface area contributed by atoms with Crippen LogP contribution in [0.2, 0.25) is 0 Å². The zero-order valence-electron chi connectivity index (χ0n) is 15.5. The Labute approximate surface area is 155 Å². The van der Waals surface area contributed by atoms with E-state index in [0.29, 0.717) is 28.7 Å². The predicted octanol–water partition coefficient (Wildman–Crippen LogP) is 4.21. The Bertz CT molecular complexity index is 1120. The summed E-state index contributed by atoms with van der Waals surface area (Å²) < 4.78 is 10.6. The van der Waals surface area contributed by atoms with Gasteiger partial charge in [-0.1, -0.05) is 34.6 Å². The Hall–Kier alpha value is -3.48. The van der Waals surface area contributed by atoms with Crippen LogP contribution in [-0.2, 0) is 0 Å². The van der Waals surface area contributed by atoms with Gasteiger partial charge in [0.25, 0.3) is 5.88 Å². The van der Waals surface area contributed by atoms with Crippen LogP contribution in [0.1, 0.15) is 38.4 Å². The molecule has 1 aliphatic rings. The number of ketones is 1. The minimum atomic E-state index is -0.136. The molecule has 7 nitrogen and oxygen atoms in total. The van der Waals surface area contributed by atoms with Gasteiger partial charge in [0.05, 0.1) is 22.8 Å². The summed E-state index contributed by atoms with van der Waals surface area (Å²) in [5.41, 5.74) is 5.54. The van der Waals surface area contributed by atoms with Crippen molar-refractivity contribution in [2.45, 2.75) is 27.7 Å². The van der Waals surface area contributed by atoms with Crippen LogP contribution in [0.25, 0.3) is 0 Å². The molecule has 27 heavy (non-hydrogen) atoms. The first kappa shape index (κ1) is 17.0. The number of nitrogens with one attached hydrogen (secondary N) is 1. The summed E-state index contributed by atoms with van der Waals surface area (Å²) in [6, 6.07) is 7.34. The number of hydrogen-bond acceptors (Lipinski definition) is 7. The van der Waals surface area contributed by atoms with Gasteiger partial charge in [0.1, 0.15) is 0 Å². The molecule has 0 radical (unpaired) electrons. The highest BCUT2D eigenvalue weighted by molar-refractivity contribution is 6.27. The number of Topliss-reactive ketones (excluding diaryl/α,β-unsaturated/α-hetero) is 1. The number of aromatic nitrogens is 2. The van der Waals surface area contributed by atoms with E-state index in [2.05, 4.69) is 20.6 Å². The molecule has 2 aromatic heterocycles. The molecule has 0 saturated heterocycles. The van der Waals surface area contributed by atoms with Crippen molar-refractivity contribution in [3.63, 3.8) is 0 Å². The van der Waals surface area contributed by atoms with Gasteiger partial charge in [-0.25, -0.2) is 4.99 Å². The van der Waals surface area contributed by atoms with Gasteiger partial charge >= 0.3 is 0 Å². The first-order valence-electron chi connectivity index (χ1n) is 8.53. The fraction of sp³-hybridized carbons (Fsp3) is 0.200. The van der Waals surface area contributed by atoms with Crippen molar-refractivity contribution in [2.75, 3.05) is 5.32 Å². The zero-order valence-corrected chi connectivity index (χ0v) is 15.5. The first-order valence-corrected chi connectivity index (χ1v) is 8.53. The molecule has 136 valence electrons. The van der Waals surface area contributed by atoms with Gasteiger partial charge in [0, 0.05) is 22.3 Å². The van der Waals surface area contributed by atoms with Gasteiger partial charge in [0.2, 0.25) is 11.7 Å². The summed E-state index contributed by atoms with van der Waals surface area (Å²) in [6.45, 7) is 7.48. The van der Waals surface area contributed by atoms with Crippen LogP contribution in [0.5, 0.6) is 0 Å². The molecule has 7 heteroatoms. The van der Waals surface area contributed by atoms with E-state index in [0.717, 1.165) is 28.1 Å². The lowest BCUT2D eigenvalue weighted by atomic mass is 9.92. The van der Waals surface area contributed by atoms with Crippen LogP contribution in [0.4, 0.5) is 11.8 Å². The van der Waals surface area contributed by atoms with Crippen molar-refractivity contribution in [2.24, 2.45) is 4.99 Å². The maximum absolute atomic E-state index is 12.9. The van der Waals surface area contributed by atoms with Crippen LogP contribution in [0.3, 0.4) is 0 Å². The van der Waals surface area contributed by atoms with Gasteiger partial charge in [-0.15, -0.1) is 0 Å². The van der Waals surface area contributed by atoms with E-state index in [1.54, 1.807) is 12.1 Å². The van der Waals surface area contributed by atoms with E-state index in [-0.39, 0.29) is 5.78 Å². The zero-order chi connectivity index (χ0) is 19.1. The maximum atomic E-state index is 12.9. The van der Waals surface area contributed by atoms with Gasteiger partial charge in [-0.2, -0.15) is 0 Å². The molecule has 0 bridgehead atoms. The molecule has 0 amide bonds. The third kappa shape index (κ3) is 2.87. The van der Waals surface area contributed by atoms with Gasteiger partial charge < -0.3 is 14.4 Å². The lowest BCUT2D eigenvalue weighted by molar-refractivity contribution is 0.103.